The molecule has 0 spiro atoms. The topological polar surface area (TPSA) is 86.8 Å². The zero-order valence-electron chi connectivity index (χ0n) is 16.8. The molecule has 0 aromatic heterocycles. The summed E-state index contributed by atoms with van der Waals surface area (Å²) in [5.41, 5.74) is 0. The summed E-state index contributed by atoms with van der Waals surface area (Å²) in [5.74, 6) is 2.77. The minimum Gasteiger partial charge on any atom is -0.485 e. The van der Waals surface area contributed by atoms with Crippen LogP contribution >= 0.6 is 0 Å². The molecule has 0 saturated carbocycles. The van der Waals surface area contributed by atoms with Gasteiger partial charge < -0.3 is 33.5 Å². The van der Waals surface area contributed by atoms with Gasteiger partial charge in [-0.2, -0.15) is 0 Å². The third kappa shape index (κ3) is 4.03. The fraction of sp³-hybridized carbons (Fsp3) is 0.364. The molecule has 0 aliphatic carbocycles. The molecule has 5 rings (SSSR count). The zero-order chi connectivity index (χ0) is 21.2. The summed E-state index contributed by atoms with van der Waals surface area (Å²) in [6.07, 6.45) is -0.675. The normalized spacial score (nSPS) is 19.2. The molecular formula is C22H22N2O7. The number of ether oxygens (including phenoxy) is 5. The molecule has 2 aromatic rings. The van der Waals surface area contributed by atoms with E-state index in [4.69, 9.17) is 23.7 Å². The van der Waals surface area contributed by atoms with Crippen LogP contribution < -0.4 is 23.7 Å². The lowest BCUT2D eigenvalue weighted by Gasteiger charge is -2.37. The molecular weight excluding hydrogens is 404 g/mol. The molecule has 0 bridgehead atoms. The first kappa shape index (κ1) is 19.3. The summed E-state index contributed by atoms with van der Waals surface area (Å²) < 4.78 is 27.6. The monoisotopic (exact) mass is 426 g/mol. The third-order valence-electron chi connectivity index (χ3n) is 5.43. The van der Waals surface area contributed by atoms with Gasteiger partial charge in [-0.3, -0.25) is 9.59 Å². The van der Waals surface area contributed by atoms with Gasteiger partial charge in [-0.15, -0.1) is 0 Å². The first-order chi connectivity index (χ1) is 15.2. The van der Waals surface area contributed by atoms with Crippen molar-refractivity contribution in [3.8, 4) is 28.7 Å². The van der Waals surface area contributed by atoms with Crippen molar-refractivity contribution < 1.29 is 33.3 Å². The Morgan fingerprint density at radius 2 is 1.58 bits per heavy atom. The minimum atomic E-state index is -0.675. The van der Waals surface area contributed by atoms with Gasteiger partial charge in [0.05, 0.1) is 0 Å². The molecule has 3 aliphatic rings. The highest BCUT2D eigenvalue weighted by molar-refractivity contribution is 5.83. The Bertz CT molecular complexity index is 988. The van der Waals surface area contributed by atoms with Gasteiger partial charge >= 0.3 is 0 Å². The average molecular weight is 426 g/mol. The second-order valence-electron chi connectivity index (χ2n) is 7.37. The number of nitrogens with zero attached hydrogens (tertiary/aromatic N) is 2. The number of carbonyl (C=O) groups is 2. The highest BCUT2D eigenvalue weighted by Crippen LogP contribution is 2.35. The van der Waals surface area contributed by atoms with Gasteiger partial charge in [-0.1, -0.05) is 12.1 Å². The van der Waals surface area contributed by atoms with Crippen molar-refractivity contribution in [2.24, 2.45) is 0 Å². The van der Waals surface area contributed by atoms with E-state index in [-0.39, 0.29) is 31.8 Å². The van der Waals surface area contributed by atoms with Crippen molar-refractivity contribution in [1.82, 2.24) is 9.80 Å². The fourth-order valence-electron chi connectivity index (χ4n) is 3.72. The summed E-state index contributed by atoms with van der Waals surface area (Å²) in [4.78, 5) is 28.7. The number of hydrogen-bond donors (Lipinski definition) is 0. The van der Waals surface area contributed by atoms with Crippen molar-refractivity contribution in [2.45, 2.75) is 6.10 Å². The van der Waals surface area contributed by atoms with Gasteiger partial charge in [0.1, 0.15) is 12.4 Å². The maximum atomic E-state index is 12.8. The van der Waals surface area contributed by atoms with Crippen molar-refractivity contribution in [1.29, 1.82) is 0 Å². The summed E-state index contributed by atoms with van der Waals surface area (Å²) in [7, 11) is 0. The summed E-state index contributed by atoms with van der Waals surface area (Å²) in [6.45, 7) is 2.05. The molecule has 9 heteroatoms. The van der Waals surface area contributed by atoms with Crippen LogP contribution in [-0.2, 0) is 9.59 Å². The van der Waals surface area contributed by atoms with E-state index in [0.29, 0.717) is 54.9 Å². The Morgan fingerprint density at radius 3 is 2.42 bits per heavy atom. The molecule has 1 fully saturated rings. The number of benzene rings is 2. The van der Waals surface area contributed by atoms with E-state index >= 15 is 0 Å². The maximum Gasteiger partial charge on any atom is 0.267 e. The molecule has 0 radical (unpaired) electrons. The predicted molar refractivity (Wildman–Crippen MR) is 108 cm³/mol. The number of para-hydroxylation sites is 2. The van der Waals surface area contributed by atoms with Crippen LogP contribution in [0.15, 0.2) is 42.5 Å². The first-order valence-electron chi connectivity index (χ1n) is 10.1. The zero-order valence-corrected chi connectivity index (χ0v) is 16.8. The highest BCUT2D eigenvalue weighted by Gasteiger charge is 2.33. The Hall–Kier alpha value is -3.62. The predicted octanol–water partition coefficient (Wildman–Crippen LogP) is 1.30. The number of hydrogen-bond acceptors (Lipinski definition) is 7. The quantitative estimate of drug-likeness (QED) is 0.729. The van der Waals surface area contributed by atoms with Crippen molar-refractivity contribution in [3.05, 3.63) is 42.5 Å². The number of piperazine rings is 1. The molecule has 9 nitrogen and oxygen atoms in total. The van der Waals surface area contributed by atoms with Crippen LogP contribution in [0.1, 0.15) is 0 Å². The molecule has 1 saturated heterocycles. The van der Waals surface area contributed by atoms with Crippen LogP contribution in [0.2, 0.25) is 0 Å². The molecule has 3 aliphatic heterocycles. The van der Waals surface area contributed by atoms with Gasteiger partial charge in [0.15, 0.2) is 29.6 Å². The first-order valence-corrected chi connectivity index (χ1v) is 10.1. The van der Waals surface area contributed by atoms with Crippen LogP contribution in [-0.4, -0.2) is 73.9 Å². The summed E-state index contributed by atoms with van der Waals surface area (Å²) in [5, 5.41) is 0. The lowest BCUT2D eigenvalue weighted by molar-refractivity contribution is -0.146. The molecule has 0 N–H and O–H groups in total. The molecule has 1 unspecified atom stereocenters. The van der Waals surface area contributed by atoms with Crippen molar-refractivity contribution >= 4 is 11.8 Å². The van der Waals surface area contributed by atoms with Crippen molar-refractivity contribution in [2.75, 3.05) is 46.2 Å². The van der Waals surface area contributed by atoms with Gasteiger partial charge in [-0.25, -0.2) is 0 Å². The van der Waals surface area contributed by atoms with Crippen LogP contribution in [0.5, 0.6) is 28.7 Å². The number of rotatable bonds is 4. The van der Waals surface area contributed by atoms with Gasteiger partial charge in [0.2, 0.25) is 12.9 Å². The van der Waals surface area contributed by atoms with Gasteiger partial charge in [-0.05, 0) is 24.3 Å². The van der Waals surface area contributed by atoms with Crippen LogP contribution in [0, 0.1) is 0 Å². The average Bonchev–Trinajstić information content (AvgIpc) is 3.30. The summed E-state index contributed by atoms with van der Waals surface area (Å²) >= 11 is 0. The molecule has 31 heavy (non-hydrogen) atoms. The SMILES string of the molecule is O=C(COc1ccc2c(c1)OCO2)N1CCN(C(=O)C2COc3ccccc3O2)CC1. The highest BCUT2D eigenvalue weighted by atomic mass is 16.7. The van der Waals surface area contributed by atoms with Crippen LogP contribution in [0.3, 0.4) is 0 Å². The van der Waals surface area contributed by atoms with E-state index in [9.17, 15) is 9.59 Å². The van der Waals surface area contributed by atoms with E-state index < -0.39 is 6.10 Å². The molecule has 2 amide bonds. The van der Waals surface area contributed by atoms with Crippen LogP contribution in [0.4, 0.5) is 0 Å². The molecule has 162 valence electrons. The van der Waals surface area contributed by atoms with Crippen molar-refractivity contribution in [3.63, 3.8) is 0 Å². The van der Waals surface area contributed by atoms with Gasteiger partial charge in [0.25, 0.3) is 11.8 Å². The fourth-order valence-corrected chi connectivity index (χ4v) is 3.72. The maximum absolute atomic E-state index is 12.8. The minimum absolute atomic E-state index is 0.0794. The van der Waals surface area contributed by atoms with Crippen LogP contribution in [0.25, 0.3) is 0 Å². The standard InChI is InChI=1S/C22H22N2O7/c25-21(13-27-15-5-6-17-19(11-15)30-14-29-17)23-7-9-24(10-8-23)22(26)20-12-28-16-3-1-2-4-18(16)31-20/h1-6,11,20H,7-10,12-14H2. The smallest absolute Gasteiger partial charge is 0.267 e. The third-order valence-corrected chi connectivity index (χ3v) is 5.43. The van der Waals surface area contributed by atoms with E-state index in [1.807, 2.05) is 18.2 Å². The Balaban J connectivity index is 1.10. The molecule has 3 heterocycles. The lowest BCUT2D eigenvalue weighted by Crippen LogP contribution is -2.55. The number of fused-ring (bicyclic) bond motifs is 2. The number of amides is 2. The van der Waals surface area contributed by atoms with E-state index in [2.05, 4.69) is 0 Å². The Morgan fingerprint density at radius 1 is 0.871 bits per heavy atom. The lowest BCUT2D eigenvalue weighted by atomic mass is 10.2. The largest absolute Gasteiger partial charge is 0.485 e. The van der Waals surface area contributed by atoms with E-state index in [1.165, 1.54) is 0 Å². The Kier molecular flexibility index (Phi) is 5.15. The van der Waals surface area contributed by atoms with Gasteiger partial charge in [0, 0.05) is 32.2 Å². The van der Waals surface area contributed by atoms with E-state index in [0.717, 1.165) is 0 Å². The van der Waals surface area contributed by atoms with E-state index in [1.54, 1.807) is 34.1 Å². The Labute approximate surface area is 179 Å². The summed E-state index contributed by atoms with van der Waals surface area (Å²) in [6, 6.07) is 12.5. The molecule has 1 atom stereocenters. The second kappa shape index (κ2) is 8.25. The second-order valence-corrected chi connectivity index (χ2v) is 7.37. The molecule has 2 aromatic carbocycles. The number of carbonyl (C=O) groups excluding carboxylic acids is 2.